The van der Waals surface area contributed by atoms with Crippen LogP contribution < -0.4 is 10.2 Å². The van der Waals surface area contributed by atoms with Gasteiger partial charge in [-0.15, -0.1) is 0 Å². The highest BCUT2D eigenvalue weighted by atomic mass is 16.1. The topological polar surface area (TPSA) is 45.2 Å². The second kappa shape index (κ2) is 9.54. The molecule has 0 radical (unpaired) electrons. The van der Waals surface area contributed by atoms with Crippen LogP contribution in [0.5, 0.6) is 0 Å². The number of carbonyl (C=O) groups is 1. The Bertz CT molecular complexity index is 1110. The number of nitrogens with one attached hydrogen (secondary N) is 1. The van der Waals surface area contributed by atoms with E-state index in [4.69, 9.17) is 4.98 Å². The van der Waals surface area contributed by atoms with Gasteiger partial charge in [0.1, 0.15) is 5.82 Å². The summed E-state index contributed by atoms with van der Waals surface area (Å²) >= 11 is 0. The first-order valence-electron chi connectivity index (χ1n) is 12.6. The maximum atomic E-state index is 13.5. The molecule has 1 aliphatic heterocycles. The van der Waals surface area contributed by atoms with E-state index < -0.39 is 0 Å². The fourth-order valence-electron chi connectivity index (χ4n) is 5.66. The number of rotatable bonds is 5. The fourth-order valence-corrected chi connectivity index (χ4v) is 5.66. The summed E-state index contributed by atoms with van der Waals surface area (Å²) in [5.74, 6) is 2.32. The molecule has 1 saturated carbocycles. The van der Waals surface area contributed by atoms with Crippen LogP contribution in [0.1, 0.15) is 62.5 Å². The zero-order valence-electron chi connectivity index (χ0n) is 19.9. The van der Waals surface area contributed by atoms with Crippen molar-refractivity contribution in [3.8, 4) is 0 Å². The van der Waals surface area contributed by atoms with Crippen LogP contribution >= 0.6 is 0 Å². The molecule has 0 bridgehead atoms. The van der Waals surface area contributed by atoms with E-state index in [1.54, 1.807) is 0 Å². The average Bonchev–Trinajstić information content (AvgIpc) is 3.35. The maximum absolute atomic E-state index is 13.5. The smallest absolute Gasteiger partial charge is 0.232 e. The zero-order chi connectivity index (χ0) is 22.8. The quantitative estimate of drug-likeness (QED) is 0.480. The van der Waals surface area contributed by atoms with Crippen molar-refractivity contribution in [3.05, 3.63) is 65.7 Å². The van der Waals surface area contributed by atoms with Gasteiger partial charge in [0.2, 0.25) is 5.91 Å². The number of nitrogens with zero attached hydrogens (tertiary/aromatic N) is 2. The lowest BCUT2D eigenvalue weighted by molar-refractivity contribution is -0.118. The van der Waals surface area contributed by atoms with Crippen LogP contribution in [0.3, 0.4) is 0 Å². The first-order chi connectivity index (χ1) is 16.1. The monoisotopic (exact) mass is 441 g/mol. The molecule has 1 atom stereocenters. The molecule has 1 aromatic heterocycles. The van der Waals surface area contributed by atoms with E-state index in [-0.39, 0.29) is 11.8 Å². The van der Waals surface area contributed by atoms with Crippen molar-refractivity contribution in [2.45, 2.75) is 58.3 Å². The molecular formula is C29H35N3O. The van der Waals surface area contributed by atoms with Crippen LogP contribution in [0, 0.1) is 18.8 Å². The Labute approximate surface area is 197 Å². The zero-order valence-corrected chi connectivity index (χ0v) is 19.9. The second-order valence-corrected chi connectivity index (χ2v) is 10.1. The van der Waals surface area contributed by atoms with Crippen molar-refractivity contribution in [2.75, 3.05) is 23.3 Å². The van der Waals surface area contributed by atoms with Gasteiger partial charge >= 0.3 is 0 Å². The standard InChI is InChI=1S/C29H35N3O/c1-20-14-16-32(17-15-20)27-18-21(2)25-19-24(12-13-26(25)31-27)30-29(33)28(23-10-6-7-11-23)22-8-4-3-5-9-22/h3-5,8-9,12-13,18-20,23,28H,6-7,10-11,14-17H2,1-2H3,(H,30,33). The lowest BCUT2D eigenvalue weighted by Gasteiger charge is -2.31. The predicted octanol–water partition coefficient (Wildman–Crippen LogP) is 6.69. The number of piperidine rings is 1. The molecule has 3 aromatic rings. The molecule has 33 heavy (non-hydrogen) atoms. The van der Waals surface area contributed by atoms with Crippen molar-refractivity contribution in [1.82, 2.24) is 4.98 Å². The Balaban J connectivity index is 1.38. The summed E-state index contributed by atoms with van der Waals surface area (Å²) in [7, 11) is 0. The van der Waals surface area contributed by atoms with E-state index in [2.05, 4.69) is 54.4 Å². The minimum Gasteiger partial charge on any atom is -0.357 e. The lowest BCUT2D eigenvalue weighted by atomic mass is 9.84. The number of pyridine rings is 1. The minimum atomic E-state index is -0.0903. The molecule has 2 aliphatic rings. The summed E-state index contributed by atoms with van der Waals surface area (Å²) in [4.78, 5) is 20.8. The van der Waals surface area contributed by atoms with Crippen LogP contribution in [0.4, 0.5) is 11.5 Å². The molecule has 1 aliphatic carbocycles. The molecule has 4 heteroatoms. The predicted molar refractivity (Wildman–Crippen MR) is 137 cm³/mol. The van der Waals surface area contributed by atoms with Crippen molar-refractivity contribution >= 4 is 28.3 Å². The van der Waals surface area contributed by atoms with Gasteiger partial charge in [0, 0.05) is 24.2 Å². The van der Waals surface area contributed by atoms with Gasteiger partial charge in [-0.25, -0.2) is 4.98 Å². The fraction of sp³-hybridized carbons (Fsp3) is 0.448. The van der Waals surface area contributed by atoms with Gasteiger partial charge in [-0.05, 0) is 79.8 Å². The van der Waals surface area contributed by atoms with Gasteiger partial charge < -0.3 is 10.2 Å². The minimum absolute atomic E-state index is 0.0903. The summed E-state index contributed by atoms with van der Waals surface area (Å²) in [6.07, 6.45) is 7.17. The highest BCUT2D eigenvalue weighted by Crippen LogP contribution is 2.38. The molecular weight excluding hydrogens is 406 g/mol. The molecule has 1 amide bonds. The van der Waals surface area contributed by atoms with E-state index in [1.807, 2.05) is 24.3 Å². The first kappa shape index (κ1) is 21.9. The summed E-state index contributed by atoms with van der Waals surface area (Å²) in [5.41, 5.74) is 4.19. The number of aromatic nitrogens is 1. The highest BCUT2D eigenvalue weighted by Gasteiger charge is 2.32. The van der Waals surface area contributed by atoms with Crippen molar-refractivity contribution in [2.24, 2.45) is 11.8 Å². The second-order valence-electron chi connectivity index (χ2n) is 10.1. The number of benzene rings is 2. The lowest BCUT2D eigenvalue weighted by Crippen LogP contribution is -2.33. The number of anilines is 2. The Hall–Kier alpha value is -2.88. The van der Waals surface area contributed by atoms with Gasteiger partial charge in [0.05, 0.1) is 11.4 Å². The van der Waals surface area contributed by atoms with E-state index >= 15 is 0 Å². The largest absolute Gasteiger partial charge is 0.357 e. The SMILES string of the molecule is Cc1cc(N2CCC(C)CC2)nc2ccc(NC(=O)C(c3ccccc3)C3CCCC3)cc12. The molecule has 1 unspecified atom stereocenters. The molecule has 2 fully saturated rings. The van der Waals surface area contributed by atoms with Crippen LogP contribution in [0.25, 0.3) is 10.9 Å². The first-order valence-corrected chi connectivity index (χ1v) is 12.6. The summed E-state index contributed by atoms with van der Waals surface area (Å²) < 4.78 is 0. The van der Waals surface area contributed by atoms with Crippen LogP contribution in [0.2, 0.25) is 0 Å². The highest BCUT2D eigenvalue weighted by molar-refractivity contribution is 5.98. The Morgan fingerprint density at radius 3 is 2.45 bits per heavy atom. The summed E-state index contributed by atoms with van der Waals surface area (Å²) in [6, 6.07) is 18.6. The third-order valence-electron chi connectivity index (χ3n) is 7.69. The Morgan fingerprint density at radius 2 is 1.73 bits per heavy atom. The molecule has 1 N–H and O–H groups in total. The van der Waals surface area contributed by atoms with Crippen LogP contribution in [-0.2, 0) is 4.79 Å². The number of fused-ring (bicyclic) bond motifs is 1. The van der Waals surface area contributed by atoms with Gasteiger partial charge in [-0.1, -0.05) is 50.1 Å². The van der Waals surface area contributed by atoms with E-state index in [1.165, 1.54) is 31.2 Å². The third kappa shape index (κ3) is 4.75. The molecule has 172 valence electrons. The normalized spacial score (nSPS) is 18.5. The van der Waals surface area contributed by atoms with Crippen molar-refractivity contribution < 1.29 is 4.79 Å². The van der Waals surface area contributed by atoms with E-state index in [0.29, 0.717) is 5.92 Å². The summed E-state index contributed by atoms with van der Waals surface area (Å²) in [6.45, 7) is 6.64. The summed E-state index contributed by atoms with van der Waals surface area (Å²) in [5, 5.41) is 4.35. The molecule has 2 aromatic carbocycles. The van der Waals surface area contributed by atoms with Gasteiger partial charge in [-0.3, -0.25) is 4.79 Å². The van der Waals surface area contributed by atoms with E-state index in [0.717, 1.165) is 59.8 Å². The number of hydrogen-bond acceptors (Lipinski definition) is 3. The van der Waals surface area contributed by atoms with Crippen LogP contribution in [0.15, 0.2) is 54.6 Å². The third-order valence-corrected chi connectivity index (χ3v) is 7.69. The molecule has 2 heterocycles. The molecule has 4 nitrogen and oxygen atoms in total. The Kier molecular flexibility index (Phi) is 6.34. The molecule has 1 saturated heterocycles. The number of hydrogen-bond donors (Lipinski definition) is 1. The van der Waals surface area contributed by atoms with Crippen molar-refractivity contribution in [1.29, 1.82) is 0 Å². The molecule has 5 rings (SSSR count). The van der Waals surface area contributed by atoms with E-state index in [9.17, 15) is 4.79 Å². The van der Waals surface area contributed by atoms with Crippen LogP contribution in [-0.4, -0.2) is 24.0 Å². The molecule has 0 spiro atoms. The maximum Gasteiger partial charge on any atom is 0.232 e. The Morgan fingerprint density at radius 1 is 1.00 bits per heavy atom. The van der Waals surface area contributed by atoms with Gasteiger partial charge in [-0.2, -0.15) is 0 Å². The van der Waals surface area contributed by atoms with Gasteiger partial charge in [0.15, 0.2) is 0 Å². The number of carbonyl (C=O) groups excluding carboxylic acids is 1. The number of aryl methyl sites for hydroxylation is 1. The van der Waals surface area contributed by atoms with Gasteiger partial charge in [0.25, 0.3) is 0 Å². The number of amides is 1. The van der Waals surface area contributed by atoms with Crippen molar-refractivity contribution in [3.63, 3.8) is 0 Å². The average molecular weight is 442 g/mol.